The summed E-state index contributed by atoms with van der Waals surface area (Å²) in [5.41, 5.74) is 1.09. The van der Waals surface area contributed by atoms with Crippen LogP contribution in [0.15, 0.2) is 12.4 Å². The number of hydrogen-bond donors (Lipinski definition) is 0. The molecule has 0 saturated carbocycles. The molecule has 0 atom stereocenters. The maximum atomic E-state index is 5.25. The highest BCUT2D eigenvalue weighted by Crippen LogP contribution is 2.08. The minimum Gasteiger partial charge on any atom is -0.378 e. The van der Waals surface area contributed by atoms with E-state index in [1.807, 2.05) is 47.0 Å². The third-order valence-corrected chi connectivity index (χ3v) is 2.06. The first-order valence-corrected chi connectivity index (χ1v) is 6.47. The van der Waals surface area contributed by atoms with Gasteiger partial charge in [0, 0.05) is 25.5 Å². The lowest BCUT2D eigenvalue weighted by Gasteiger charge is -2.26. The first kappa shape index (κ1) is 15.8. The van der Waals surface area contributed by atoms with Crippen molar-refractivity contribution in [1.82, 2.24) is 9.97 Å². The molecule has 4 heteroatoms. The largest absolute Gasteiger partial charge is 0.378 e. The average Bonchev–Trinajstić information content (AvgIpc) is 2.45. The summed E-state index contributed by atoms with van der Waals surface area (Å²) < 4.78 is 5.25. The smallest absolute Gasteiger partial charge is 0.225 e. The SMILES string of the molecule is CC.CC.Cc1cnc(N2CCOCC2)nc1. The summed E-state index contributed by atoms with van der Waals surface area (Å²) in [5.74, 6) is 0.814. The topological polar surface area (TPSA) is 38.2 Å². The lowest BCUT2D eigenvalue weighted by Crippen LogP contribution is -2.37. The van der Waals surface area contributed by atoms with Gasteiger partial charge in [-0.2, -0.15) is 0 Å². The van der Waals surface area contributed by atoms with Crippen LogP contribution in [0.4, 0.5) is 5.95 Å². The van der Waals surface area contributed by atoms with Crippen LogP contribution in [0.5, 0.6) is 0 Å². The Bertz CT molecular complexity index is 268. The second-order valence-electron chi connectivity index (χ2n) is 3.16. The Morgan fingerprint density at radius 2 is 1.47 bits per heavy atom. The molecule has 1 aromatic heterocycles. The zero-order valence-electron chi connectivity index (χ0n) is 11.7. The molecule has 0 aliphatic carbocycles. The van der Waals surface area contributed by atoms with Crippen molar-refractivity contribution in [3.05, 3.63) is 18.0 Å². The molecule has 0 aromatic carbocycles. The van der Waals surface area contributed by atoms with Gasteiger partial charge < -0.3 is 9.64 Å². The van der Waals surface area contributed by atoms with Crippen molar-refractivity contribution in [1.29, 1.82) is 0 Å². The van der Waals surface area contributed by atoms with Crippen molar-refractivity contribution < 1.29 is 4.74 Å². The number of aryl methyl sites for hydroxylation is 1. The summed E-state index contributed by atoms with van der Waals surface area (Å²) in [4.78, 5) is 10.7. The summed E-state index contributed by atoms with van der Waals surface area (Å²) in [7, 11) is 0. The fourth-order valence-electron chi connectivity index (χ4n) is 1.31. The lowest BCUT2D eigenvalue weighted by atomic mass is 10.4. The van der Waals surface area contributed by atoms with Gasteiger partial charge in [0.1, 0.15) is 0 Å². The Morgan fingerprint density at radius 1 is 1.00 bits per heavy atom. The molecule has 4 nitrogen and oxygen atoms in total. The normalized spacial score (nSPS) is 14.1. The van der Waals surface area contributed by atoms with Gasteiger partial charge in [-0.05, 0) is 12.5 Å². The molecule has 1 aliphatic rings. The summed E-state index contributed by atoms with van der Waals surface area (Å²) in [6.45, 7) is 13.3. The number of hydrogen-bond acceptors (Lipinski definition) is 4. The lowest BCUT2D eigenvalue weighted by molar-refractivity contribution is 0.122. The molecule has 0 N–H and O–H groups in total. The van der Waals surface area contributed by atoms with Gasteiger partial charge in [0.25, 0.3) is 0 Å². The van der Waals surface area contributed by atoms with Crippen molar-refractivity contribution in [3.63, 3.8) is 0 Å². The van der Waals surface area contributed by atoms with Gasteiger partial charge in [-0.15, -0.1) is 0 Å². The van der Waals surface area contributed by atoms with Crippen LogP contribution >= 0.6 is 0 Å². The maximum absolute atomic E-state index is 5.25. The zero-order chi connectivity index (χ0) is 13.1. The highest BCUT2D eigenvalue weighted by molar-refractivity contribution is 5.29. The standard InChI is InChI=1S/C9H13N3O.2C2H6/c1-8-6-10-9(11-7-8)12-2-4-13-5-3-12;2*1-2/h6-7H,2-5H2,1H3;2*1-2H3. The first-order valence-electron chi connectivity index (χ1n) is 6.47. The van der Waals surface area contributed by atoms with E-state index in [-0.39, 0.29) is 0 Å². The second kappa shape index (κ2) is 10.0. The third-order valence-electron chi connectivity index (χ3n) is 2.06. The number of nitrogens with zero attached hydrogens (tertiary/aromatic N) is 3. The molecule has 0 amide bonds. The minimum absolute atomic E-state index is 0.775. The Balaban J connectivity index is 0.000000581. The molecule has 98 valence electrons. The number of aromatic nitrogens is 2. The molecule has 0 bridgehead atoms. The molecule has 1 aliphatic heterocycles. The first-order chi connectivity index (χ1) is 8.36. The molecule has 0 spiro atoms. The van der Waals surface area contributed by atoms with Crippen LogP contribution in [0.1, 0.15) is 33.3 Å². The summed E-state index contributed by atoms with van der Waals surface area (Å²) >= 11 is 0. The summed E-state index contributed by atoms with van der Waals surface area (Å²) in [6.07, 6.45) is 3.69. The molecular weight excluding hydrogens is 214 g/mol. The number of anilines is 1. The van der Waals surface area contributed by atoms with Crippen molar-refractivity contribution in [2.24, 2.45) is 0 Å². The molecule has 2 rings (SSSR count). The van der Waals surface area contributed by atoms with E-state index < -0.39 is 0 Å². The van der Waals surface area contributed by atoms with Crippen molar-refractivity contribution in [3.8, 4) is 0 Å². The van der Waals surface area contributed by atoms with Gasteiger partial charge in [-0.25, -0.2) is 9.97 Å². The average molecular weight is 239 g/mol. The van der Waals surface area contributed by atoms with Crippen LogP contribution < -0.4 is 4.90 Å². The number of rotatable bonds is 1. The fourth-order valence-corrected chi connectivity index (χ4v) is 1.31. The minimum atomic E-state index is 0.775. The third kappa shape index (κ3) is 5.63. The van der Waals surface area contributed by atoms with Crippen molar-refractivity contribution in [2.75, 3.05) is 31.2 Å². The van der Waals surface area contributed by atoms with E-state index in [2.05, 4.69) is 14.9 Å². The van der Waals surface area contributed by atoms with Gasteiger partial charge >= 0.3 is 0 Å². The quantitative estimate of drug-likeness (QED) is 0.755. The molecule has 0 unspecified atom stereocenters. The second-order valence-corrected chi connectivity index (χ2v) is 3.16. The van der Waals surface area contributed by atoms with Gasteiger partial charge in [-0.1, -0.05) is 27.7 Å². The van der Waals surface area contributed by atoms with Crippen LogP contribution in [-0.2, 0) is 4.74 Å². The summed E-state index contributed by atoms with van der Waals surface area (Å²) in [5, 5.41) is 0. The predicted molar refractivity (Wildman–Crippen MR) is 72.5 cm³/mol. The van der Waals surface area contributed by atoms with Gasteiger partial charge in [0.05, 0.1) is 13.2 Å². The van der Waals surface area contributed by atoms with Gasteiger partial charge in [-0.3, -0.25) is 0 Å². The van der Waals surface area contributed by atoms with Gasteiger partial charge in [0.2, 0.25) is 5.95 Å². The van der Waals surface area contributed by atoms with Crippen molar-refractivity contribution in [2.45, 2.75) is 34.6 Å². The van der Waals surface area contributed by atoms with Crippen LogP contribution in [0, 0.1) is 6.92 Å². The van der Waals surface area contributed by atoms with Crippen molar-refractivity contribution >= 4 is 5.95 Å². The Morgan fingerprint density at radius 3 is 1.94 bits per heavy atom. The van der Waals surface area contributed by atoms with E-state index in [9.17, 15) is 0 Å². The fraction of sp³-hybridized carbons (Fsp3) is 0.692. The Kier molecular flexibility index (Phi) is 9.34. The maximum Gasteiger partial charge on any atom is 0.225 e. The van der Waals surface area contributed by atoms with Crippen LogP contribution in [0.3, 0.4) is 0 Å². The molecule has 2 heterocycles. The van der Waals surface area contributed by atoms with E-state index in [4.69, 9.17) is 4.74 Å². The zero-order valence-corrected chi connectivity index (χ0v) is 11.7. The van der Waals surface area contributed by atoms with E-state index in [0.29, 0.717) is 0 Å². The highest BCUT2D eigenvalue weighted by Gasteiger charge is 2.12. The molecule has 1 saturated heterocycles. The monoisotopic (exact) mass is 239 g/mol. The molecule has 17 heavy (non-hydrogen) atoms. The van der Waals surface area contributed by atoms with E-state index in [1.54, 1.807) is 0 Å². The Labute approximate surface area is 105 Å². The number of morpholine rings is 1. The van der Waals surface area contributed by atoms with E-state index >= 15 is 0 Å². The Hall–Kier alpha value is -1.16. The highest BCUT2D eigenvalue weighted by atomic mass is 16.5. The predicted octanol–water partition coefficient (Wildman–Crippen LogP) is 2.67. The number of ether oxygens (including phenoxy) is 1. The van der Waals surface area contributed by atoms with Crippen LogP contribution in [-0.4, -0.2) is 36.3 Å². The molecule has 1 fully saturated rings. The van der Waals surface area contributed by atoms with Crippen LogP contribution in [0.25, 0.3) is 0 Å². The van der Waals surface area contributed by atoms with E-state index in [1.165, 1.54) is 0 Å². The summed E-state index contributed by atoms with van der Waals surface area (Å²) in [6, 6.07) is 0. The molecule has 0 radical (unpaired) electrons. The molecular formula is C13H25N3O. The van der Waals surface area contributed by atoms with E-state index in [0.717, 1.165) is 37.8 Å². The van der Waals surface area contributed by atoms with Gasteiger partial charge in [0.15, 0.2) is 0 Å². The molecule has 1 aromatic rings. The van der Waals surface area contributed by atoms with Crippen LogP contribution in [0.2, 0.25) is 0 Å².